The van der Waals surface area contributed by atoms with E-state index >= 15 is 0 Å². The van der Waals surface area contributed by atoms with Crippen LogP contribution >= 0.6 is 0 Å². The molecule has 1 aromatic rings. The van der Waals surface area contributed by atoms with Crippen molar-refractivity contribution in [3.05, 3.63) is 35.6 Å². The summed E-state index contributed by atoms with van der Waals surface area (Å²) >= 11 is 0. The van der Waals surface area contributed by atoms with Crippen molar-refractivity contribution < 1.29 is 18.8 Å². The van der Waals surface area contributed by atoms with Crippen LogP contribution in [-0.2, 0) is 15.1 Å². The molecule has 6 nitrogen and oxygen atoms in total. The van der Waals surface area contributed by atoms with Crippen LogP contribution in [0, 0.1) is 5.82 Å². The van der Waals surface area contributed by atoms with E-state index in [1.54, 1.807) is 11.0 Å². The third kappa shape index (κ3) is 2.64. The number of benzene rings is 1. The number of nitrogens with one attached hydrogen (secondary N) is 1. The molecule has 2 aliphatic rings. The predicted octanol–water partition coefficient (Wildman–Crippen LogP) is 1.60. The molecule has 1 atom stereocenters. The van der Waals surface area contributed by atoms with Crippen molar-refractivity contribution in [2.75, 3.05) is 13.1 Å². The molecule has 1 N–H and O–H groups in total. The fourth-order valence-electron chi connectivity index (χ4n) is 3.14. The Hall–Kier alpha value is -2.44. The number of carbonyl (C=O) groups excluding carboxylic acids is 3. The molecule has 1 saturated carbocycles. The van der Waals surface area contributed by atoms with Gasteiger partial charge < -0.3 is 10.2 Å². The van der Waals surface area contributed by atoms with Crippen molar-refractivity contribution in [3.8, 4) is 0 Å². The number of likely N-dealkylation sites (N-methyl/N-ethyl adjacent to an activating group) is 1. The highest BCUT2D eigenvalue weighted by atomic mass is 19.1. The summed E-state index contributed by atoms with van der Waals surface area (Å²) in [6, 6.07) is 5.34. The fraction of sp³-hybridized carbons (Fsp3) is 0.471. The number of nitrogens with zero attached hydrogens (tertiary/aromatic N) is 2. The molecule has 24 heavy (non-hydrogen) atoms. The van der Waals surface area contributed by atoms with Gasteiger partial charge in [0.15, 0.2) is 0 Å². The molecular weight excluding hydrogens is 313 g/mol. The standard InChI is InChI=1S/C17H20FN3O3/c1-3-20(11-8-9-11)14(22)10-21-15(23)17(2,19-16(21)24)12-6-4-5-7-13(12)18/h4-7,11H,3,8-10H2,1-2H3,(H,19,24)/t17-/m0/s1. The molecule has 2 fully saturated rings. The number of imide groups is 1. The van der Waals surface area contributed by atoms with Crippen molar-refractivity contribution >= 4 is 17.8 Å². The van der Waals surface area contributed by atoms with Gasteiger partial charge >= 0.3 is 6.03 Å². The quantitative estimate of drug-likeness (QED) is 0.832. The van der Waals surface area contributed by atoms with E-state index in [9.17, 15) is 18.8 Å². The first kappa shape index (κ1) is 16.4. The molecule has 0 spiro atoms. The molecule has 1 heterocycles. The van der Waals surface area contributed by atoms with E-state index in [0.29, 0.717) is 6.54 Å². The highest BCUT2D eigenvalue weighted by molar-refractivity contribution is 6.09. The summed E-state index contributed by atoms with van der Waals surface area (Å²) in [5.41, 5.74) is -1.41. The first-order chi connectivity index (χ1) is 11.4. The Morgan fingerprint density at radius 2 is 2.04 bits per heavy atom. The van der Waals surface area contributed by atoms with Crippen LogP contribution in [0.25, 0.3) is 0 Å². The van der Waals surface area contributed by atoms with Crippen LogP contribution in [0.15, 0.2) is 24.3 Å². The predicted molar refractivity (Wildman–Crippen MR) is 84.4 cm³/mol. The second-order valence-electron chi connectivity index (χ2n) is 6.34. The first-order valence-electron chi connectivity index (χ1n) is 8.07. The molecular formula is C17H20FN3O3. The van der Waals surface area contributed by atoms with Gasteiger partial charge in [-0.3, -0.25) is 14.5 Å². The van der Waals surface area contributed by atoms with Gasteiger partial charge in [0.2, 0.25) is 5.91 Å². The van der Waals surface area contributed by atoms with E-state index < -0.39 is 23.3 Å². The largest absolute Gasteiger partial charge is 0.338 e. The fourth-order valence-corrected chi connectivity index (χ4v) is 3.14. The number of amides is 4. The second kappa shape index (κ2) is 5.89. The zero-order valence-electron chi connectivity index (χ0n) is 13.7. The molecule has 0 radical (unpaired) electrons. The molecule has 0 unspecified atom stereocenters. The Morgan fingerprint density at radius 3 is 2.62 bits per heavy atom. The van der Waals surface area contributed by atoms with E-state index in [2.05, 4.69) is 5.32 Å². The Bertz CT molecular complexity index is 704. The van der Waals surface area contributed by atoms with Crippen LogP contribution < -0.4 is 5.32 Å². The van der Waals surface area contributed by atoms with E-state index in [1.807, 2.05) is 6.92 Å². The normalized spacial score (nSPS) is 23.4. The molecule has 1 aliphatic heterocycles. The minimum absolute atomic E-state index is 0.0906. The molecule has 4 amide bonds. The van der Waals surface area contributed by atoms with Crippen molar-refractivity contribution in [3.63, 3.8) is 0 Å². The minimum Gasteiger partial charge on any atom is -0.338 e. The Kier molecular flexibility index (Phi) is 4.03. The molecule has 128 valence electrons. The summed E-state index contributed by atoms with van der Waals surface area (Å²) < 4.78 is 14.1. The van der Waals surface area contributed by atoms with Crippen LogP contribution in [0.1, 0.15) is 32.3 Å². The summed E-state index contributed by atoms with van der Waals surface area (Å²) in [7, 11) is 0. The van der Waals surface area contributed by atoms with E-state index in [1.165, 1.54) is 25.1 Å². The highest BCUT2D eigenvalue weighted by Crippen LogP contribution is 2.31. The molecule has 0 aromatic heterocycles. The topological polar surface area (TPSA) is 69.7 Å². The lowest BCUT2D eigenvalue weighted by atomic mass is 9.91. The third-order valence-corrected chi connectivity index (χ3v) is 4.63. The van der Waals surface area contributed by atoms with Gasteiger partial charge in [-0.1, -0.05) is 18.2 Å². The van der Waals surface area contributed by atoms with Crippen molar-refractivity contribution in [2.24, 2.45) is 0 Å². The SMILES string of the molecule is CCN(C(=O)CN1C(=O)N[C@@](C)(c2ccccc2F)C1=O)C1CC1. The monoisotopic (exact) mass is 333 g/mol. The van der Waals surface area contributed by atoms with Crippen molar-refractivity contribution in [1.82, 2.24) is 15.1 Å². The van der Waals surface area contributed by atoms with Crippen LogP contribution in [0.2, 0.25) is 0 Å². The van der Waals surface area contributed by atoms with E-state index in [0.717, 1.165) is 17.7 Å². The number of hydrogen-bond acceptors (Lipinski definition) is 3. The van der Waals surface area contributed by atoms with Crippen LogP contribution in [-0.4, -0.2) is 46.8 Å². The first-order valence-corrected chi connectivity index (χ1v) is 8.07. The van der Waals surface area contributed by atoms with Crippen molar-refractivity contribution in [1.29, 1.82) is 0 Å². The van der Waals surface area contributed by atoms with Crippen LogP contribution in [0.3, 0.4) is 0 Å². The summed E-state index contributed by atoms with van der Waals surface area (Å²) in [5, 5.41) is 2.52. The molecule has 3 rings (SSSR count). The van der Waals surface area contributed by atoms with Gasteiger partial charge in [-0.25, -0.2) is 9.18 Å². The Balaban J connectivity index is 1.81. The van der Waals surface area contributed by atoms with E-state index in [4.69, 9.17) is 0 Å². The van der Waals surface area contributed by atoms with Gasteiger partial charge in [-0.05, 0) is 32.8 Å². The summed E-state index contributed by atoms with van der Waals surface area (Å²) in [6.07, 6.45) is 1.90. The molecule has 0 bridgehead atoms. The van der Waals surface area contributed by atoms with Gasteiger partial charge in [-0.2, -0.15) is 0 Å². The second-order valence-corrected chi connectivity index (χ2v) is 6.34. The molecule has 1 aromatic carbocycles. The summed E-state index contributed by atoms with van der Waals surface area (Å²) in [6.45, 7) is 3.54. The number of carbonyl (C=O) groups is 3. The zero-order chi connectivity index (χ0) is 17.5. The average Bonchev–Trinajstić information content (AvgIpc) is 3.34. The number of rotatable bonds is 5. The Labute approximate surface area is 139 Å². The van der Waals surface area contributed by atoms with E-state index in [-0.39, 0.29) is 24.1 Å². The van der Waals surface area contributed by atoms with Crippen LogP contribution in [0.4, 0.5) is 9.18 Å². The summed E-state index contributed by atoms with van der Waals surface area (Å²) in [5.74, 6) is -1.45. The maximum atomic E-state index is 14.1. The van der Waals surface area contributed by atoms with Crippen molar-refractivity contribution in [2.45, 2.75) is 38.3 Å². The smallest absolute Gasteiger partial charge is 0.325 e. The van der Waals surface area contributed by atoms with Gasteiger partial charge in [0.1, 0.15) is 17.9 Å². The zero-order valence-corrected chi connectivity index (χ0v) is 13.7. The molecule has 7 heteroatoms. The lowest BCUT2D eigenvalue weighted by Crippen LogP contribution is -2.45. The van der Waals surface area contributed by atoms with Gasteiger partial charge in [0.05, 0.1) is 0 Å². The number of urea groups is 1. The maximum absolute atomic E-state index is 14.1. The highest BCUT2D eigenvalue weighted by Gasteiger charge is 2.51. The minimum atomic E-state index is -1.50. The Morgan fingerprint density at radius 1 is 1.38 bits per heavy atom. The van der Waals surface area contributed by atoms with Gasteiger partial charge in [-0.15, -0.1) is 0 Å². The number of hydrogen-bond donors (Lipinski definition) is 1. The lowest BCUT2D eigenvalue weighted by molar-refractivity contribution is -0.139. The van der Waals surface area contributed by atoms with Crippen LogP contribution in [0.5, 0.6) is 0 Å². The average molecular weight is 333 g/mol. The van der Waals surface area contributed by atoms with Gasteiger partial charge in [0, 0.05) is 18.2 Å². The lowest BCUT2D eigenvalue weighted by Gasteiger charge is -2.24. The van der Waals surface area contributed by atoms with Gasteiger partial charge in [0.25, 0.3) is 5.91 Å². The maximum Gasteiger partial charge on any atom is 0.325 e. The molecule has 1 saturated heterocycles. The third-order valence-electron chi connectivity index (χ3n) is 4.63. The molecule has 1 aliphatic carbocycles. The summed E-state index contributed by atoms with van der Waals surface area (Å²) in [4.78, 5) is 39.9. The number of halogens is 1.